The Balaban J connectivity index is 1.37. The molecular weight excluding hydrogens is 316 g/mol. The van der Waals surface area contributed by atoms with Crippen LogP contribution in [0.25, 0.3) is 0 Å². The molecule has 0 amide bonds. The second kappa shape index (κ2) is 6.82. The maximum atomic E-state index is 11.6. The number of hydrogen-bond acceptors (Lipinski definition) is 6. The topological polar surface area (TPSA) is 86.8 Å². The number of aryl methyl sites for hydroxylation is 1. The second-order valence-electron chi connectivity index (χ2n) is 7.07. The Morgan fingerprint density at radius 1 is 1.16 bits per heavy atom. The first-order valence-electron chi connectivity index (χ1n) is 9.09. The number of hydrogen-bond donors (Lipinski definition) is 2. The summed E-state index contributed by atoms with van der Waals surface area (Å²) in [5.41, 5.74) is 0.830. The molecule has 0 radical (unpaired) electrons. The Hall–Kier alpha value is -2.44. The summed E-state index contributed by atoms with van der Waals surface area (Å²) in [5, 5.41) is 3.50. The number of nitrogens with zero attached hydrogens (tertiary/aromatic N) is 4. The van der Waals surface area contributed by atoms with Crippen LogP contribution < -0.4 is 15.8 Å². The molecule has 1 aliphatic carbocycles. The SMILES string of the molecule is Cc1nc(C2CC(Nc3cc(N4CCCCC4)ncn3)C2)cc(=O)[nH]1. The molecule has 0 unspecified atom stereocenters. The van der Waals surface area contributed by atoms with Crippen molar-refractivity contribution in [3.63, 3.8) is 0 Å². The van der Waals surface area contributed by atoms with Gasteiger partial charge in [0.05, 0.1) is 5.69 Å². The quantitative estimate of drug-likeness (QED) is 0.887. The van der Waals surface area contributed by atoms with Gasteiger partial charge in [-0.15, -0.1) is 0 Å². The van der Waals surface area contributed by atoms with Crippen LogP contribution in [-0.2, 0) is 0 Å². The average Bonchev–Trinajstić information content (AvgIpc) is 2.58. The summed E-state index contributed by atoms with van der Waals surface area (Å²) < 4.78 is 0. The summed E-state index contributed by atoms with van der Waals surface area (Å²) in [5.74, 6) is 2.93. The van der Waals surface area contributed by atoms with Gasteiger partial charge in [0.2, 0.25) is 0 Å². The van der Waals surface area contributed by atoms with Gasteiger partial charge in [-0.3, -0.25) is 4.79 Å². The third-order valence-electron chi connectivity index (χ3n) is 5.12. The molecule has 0 aromatic carbocycles. The van der Waals surface area contributed by atoms with Crippen molar-refractivity contribution in [2.45, 2.75) is 51.0 Å². The van der Waals surface area contributed by atoms with Gasteiger partial charge in [0.1, 0.15) is 23.8 Å². The van der Waals surface area contributed by atoms with E-state index >= 15 is 0 Å². The van der Waals surface area contributed by atoms with Crippen LogP contribution in [0, 0.1) is 6.92 Å². The van der Waals surface area contributed by atoms with Crippen molar-refractivity contribution in [1.29, 1.82) is 0 Å². The number of aromatic nitrogens is 4. The highest BCUT2D eigenvalue weighted by Gasteiger charge is 2.32. The van der Waals surface area contributed by atoms with Crippen LogP contribution in [0.2, 0.25) is 0 Å². The van der Waals surface area contributed by atoms with Crippen LogP contribution in [0.4, 0.5) is 11.6 Å². The molecule has 0 spiro atoms. The van der Waals surface area contributed by atoms with E-state index in [0.717, 1.165) is 43.3 Å². The number of H-pyrrole nitrogens is 1. The number of anilines is 2. The first-order valence-corrected chi connectivity index (χ1v) is 9.09. The van der Waals surface area contributed by atoms with Gasteiger partial charge < -0.3 is 15.2 Å². The van der Waals surface area contributed by atoms with Crippen molar-refractivity contribution in [2.24, 2.45) is 0 Å². The molecule has 7 heteroatoms. The highest BCUT2D eigenvalue weighted by Crippen LogP contribution is 2.37. The molecule has 132 valence electrons. The third-order valence-corrected chi connectivity index (χ3v) is 5.12. The molecule has 3 heterocycles. The van der Waals surface area contributed by atoms with Gasteiger partial charge >= 0.3 is 0 Å². The van der Waals surface area contributed by atoms with Crippen molar-refractivity contribution in [3.05, 3.63) is 40.3 Å². The fraction of sp³-hybridized carbons (Fsp3) is 0.556. The molecule has 1 saturated heterocycles. The lowest BCUT2D eigenvalue weighted by molar-refractivity contribution is 0.365. The second-order valence-corrected chi connectivity index (χ2v) is 7.07. The number of piperidine rings is 1. The van der Waals surface area contributed by atoms with Crippen LogP contribution in [0.15, 0.2) is 23.3 Å². The molecule has 0 bridgehead atoms. The molecular formula is C18H24N6O. The van der Waals surface area contributed by atoms with E-state index < -0.39 is 0 Å². The van der Waals surface area contributed by atoms with E-state index in [-0.39, 0.29) is 5.56 Å². The van der Waals surface area contributed by atoms with E-state index in [1.54, 1.807) is 12.4 Å². The van der Waals surface area contributed by atoms with E-state index in [4.69, 9.17) is 0 Å². The monoisotopic (exact) mass is 340 g/mol. The maximum absolute atomic E-state index is 11.6. The summed E-state index contributed by atoms with van der Waals surface area (Å²) in [7, 11) is 0. The zero-order valence-electron chi connectivity index (χ0n) is 14.5. The zero-order chi connectivity index (χ0) is 17.2. The van der Waals surface area contributed by atoms with Crippen molar-refractivity contribution in [1.82, 2.24) is 19.9 Å². The first kappa shape index (κ1) is 16.1. The van der Waals surface area contributed by atoms with Crippen molar-refractivity contribution in [2.75, 3.05) is 23.3 Å². The molecule has 1 aliphatic heterocycles. The van der Waals surface area contributed by atoms with E-state index in [1.807, 2.05) is 13.0 Å². The van der Waals surface area contributed by atoms with Crippen LogP contribution in [0.5, 0.6) is 0 Å². The van der Waals surface area contributed by atoms with Crippen LogP contribution >= 0.6 is 0 Å². The number of aromatic amines is 1. The molecule has 7 nitrogen and oxygen atoms in total. The average molecular weight is 340 g/mol. The Kier molecular flexibility index (Phi) is 4.38. The Bertz CT molecular complexity index is 792. The van der Waals surface area contributed by atoms with Gasteiger partial charge in [-0.1, -0.05) is 0 Å². The molecule has 4 rings (SSSR count). The molecule has 2 N–H and O–H groups in total. The van der Waals surface area contributed by atoms with Gasteiger partial charge in [-0.2, -0.15) is 0 Å². The van der Waals surface area contributed by atoms with Crippen molar-refractivity contribution in [3.8, 4) is 0 Å². The molecule has 1 saturated carbocycles. The van der Waals surface area contributed by atoms with Crippen LogP contribution in [0.1, 0.15) is 49.5 Å². The molecule has 2 aliphatic rings. The molecule has 25 heavy (non-hydrogen) atoms. The minimum atomic E-state index is -0.0686. The lowest BCUT2D eigenvalue weighted by atomic mass is 9.78. The third kappa shape index (κ3) is 3.65. The fourth-order valence-corrected chi connectivity index (χ4v) is 3.72. The fourth-order valence-electron chi connectivity index (χ4n) is 3.72. The summed E-state index contributed by atoms with van der Waals surface area (Å²) in [4.78, 5) is 29.9. The molecule has 2 fully saturated rings. The zero-order valence-corrected chi connectivity index (χ0v) is 14.5. The summed E-state index contributed by atoms with van der Waals surface area (Å²) >= 11 is 0. The predicted molar refractivity (Wildman–Crippen MR) is 97.1 cm³/mol. The highest BCUT2D eigenvalue weighted by atomic mass is 16.1. The Labute approximate surface area is 146 Å². The van der Waals surface area contributed by atoms with E-state index in [9.17, 15) is 4.79 Å². The van der Waals surface area contributed by atoms with E-state index in [1.165, 1.54) is 19.3 Å². The molecule has 2 aromatic rings. The minimum absolute atomic E-state index is 0.0686. The highest BCUT2D eigenvalue weighted by molar-refractivity contribution is 5.49. The standard InChI is InChI=1S/C18H24N6O/c1-12-21-15(9-18(25)22-12)13-7-14(8-13)23-16-10-17(20-11-19-16)24-5-3-2-4-6-24/h9-11,13-14H,2-8H2,1H3,(H,19,20,23)(H,21,22,25). The summed E-state index contributed by atoms with van der Waals surface area (Å²) in [6.45, 7) is 3.98. The summed E-state index contributed by atoms with van der Waals surface area (Å²) in [6, 6.07) is 4.04. The lowest BCUT2D eigenvalue weighted by Gasteiger charge is -2.36. The maximum Gasteiger partial charge on any atom is 0.251 e. The smallest absolute Gasteiger partial charge is 0.251 e. The summed E-state index contributed by atoms with van der Waals surface area (Å²) in [6.07, 6.45) is 7.37. The largest absolute Gasteiger partial charge is 0.367 e. The van der Waals surface area contributed by atoms with Crippen molar-refractivity contribution >= 4 is 11.6 Å². The van der Waals surface area contributed by atoms with E-state index in [2.05, 4.69) is 30.2 Å². The van der Waals surface area contributed by atoms with Gasteiger partial charge in [0.15, 0.2) is 0 Å². The number of nitrogens with one attached hydrogen (secondary N) is 2. The first-order chi connectivity index (χ1) is 12.2. The normalized spacial score (nSPS) is 23.2. The predicted octanol–water partition coefficient (Wildman–Crippen LogP) is 2.22. The van der Waals surface area contributed by atoms with Crippen LogP contribution in [-0.4, -0.2) is 39.1 Å². The minimum Gasteiger partial charge on any atom is -0.367 e. The van der Waals surface area contributed by atoms with Gasteiger partial charge in [-0.05, 0) is 39.0 Å². The van der Waals surface area contributed by atoms with Gasteiger partial charge in [0.25, 0.3) is 5.56 Å². The lowest BCUT2D eigenvalue weighted by Crippen LogP contribution is -2.35. The Morgan fingerprint density at radius 2 is 1.96 bits per heavy atom. The van der Waals surface area contributed by atoms with E-state index in [0.29, 0.717) is 17.8 Å². The number of rotatable bonds is 4. The van der Waals surface area contributed by atoms with Gasteiger partial charge in [-0.25, -0.2) is 15.0 Å². The van der Waals surface area contributed by atoms with Gasteiger partial charge in [0, 0.05) is 37.2 Å². The van der Waals surface area contributed by atoms with Crippen LogP contribution in [0.3, 0.4) is 0 Å². The Morgan fingerprint density at radius 3 is 2.72 bits per heavy atom. The molecule has 0 atom stereocenters. The molecule has 2 aromatic heterocycles. The van der Waals surface area contributed by atoms with Crippen molar-refractivity contribution < 1.29 is 0 Å².